The van der Waals surface area contributed by atoms with E-state index in [1.54, 1.807) is 12.1 Å². The third-order valence-corrected chi connectivity index (χ3v) is 6.79. The Morgan fingerprint density at radius 2 is 1.62 bits per heavy atom. The number of anilines is 1. The van der Waals surface area contributed by atoms with Crippen LogP contribution >= 0.6 is 0 Å². The molecule has 0 saturated carbocycles. The average Bonchev–Trinajstić information content (AvgIpc) is 3.27. The summed E-state index contributed by atoms with van der Waals surface area (Å²) in [7, 11) is 3.58. The third kappa shape index (κ3) is 4.05. The molecule has 34 heavy (non-hydrogen) atoms. The summed E-state index contributed by atoms with van der Waals surface area (Å²) in [4.78, 5) is 24.6. The van der Waals surface area contributed by atoms with Gasteiger partial charge in [-0.1, -0.05) is 12.1 Å². The fourth-order valence-corrected chi connectivity index (χ4v) is 4.96. The Labute approximate surface area is 200 Å². The summed E-state index contributed by atoms with van der Waals surface area (Å²) in [6, 6.07) is 14.2. The number of nitrogens with one attached hydrogen (secondary N) is 1. The normalized spacial score (nSPS) is 14.5. The number of nitrogens with zero attached hydrogens (tertiary/aromatic N) is 3. The molecule has 174 valence electrons. The van der Waals surface area contributed by atoms with E-state index in [9.17, 15) is 4.79 Å². The summed E-state index contributed by atoms with van der Waals surface area (Å²) < 4.78 is 4.81. The van der Waals surface area contributed by atoms with Crippen LogP contribution in [-0.4, -0.2) is 61.2 Å². The van der Waals surface area contributed by atoms with Gasteiger partial charge in [-0.3, -0.25) is 0 Å². The minimum absolute atomic E-state index is 0.333. The van der Waals surface area contributed by atoms with Crippen molar-refractivity contribution < 1.29 is 9.53 Å². The van der Waals surface area contributed by atoms with Gasteiger partial charge in [0, 0.05) is 60.8 Å². The number of rotatable bonds is 4. The Bertz CT molecular complexity index is 1330. The van der Waals surface area contributed by atoms with Gasteiger partial charge in [0.1, 0.15) is 5.65 Å². The highest BCUT2D eigenvalue weighted by Crippen LogP contribution is 2.34. The van der Waals surface area contributed by atoms with Gasteiger partial charge in [-0.25, -0.2) is 9.78 Å². The van der Waals surface area contributed by atoms with Crippen LogP contribution in [0.3, 0.4) is 0 Å². The number of H-pyrrole nitrogens is 1. The Kier molecular flexibility index (Phi) is 5.84. The maximum absolute atomic E-state index is 11.8. The van der Waals surface area contributed by atoms with E-state index in [2.05, 4.69) is 53.9 Å². The van der Waals surface area contributed by atoms with Crippen molar-refractivity contribution in [2.24, 2.45) is 0 Å². The van der Waals surface area contributed by atoms with Gasteiger partial charge in [-0.2, -0.15) is 0 Å². The van der Waals surface area contributed by atoms with E-state index in [0.717, 1.165) is 53.9 Å². The number of pyridine rings is 1. The number of fused-ring (bicyclic) bond motifs is 1. The molecule has 2 aromatic heterocycles. The van der Waals surface area contributed by atoms with Gasteiger partial charge in [0.05, 0.1) is 12.7 Å². The number of methoxy groups -OCH3 is 1. The molecule has 1 aliphatic heterocycles. The van der Waals surface area contributed by atoms with Gasteiger partial charge in [-0.15, -0.1) is 0 Å². The van der Waals surface area contributed by atoms with Gasteiger partial charge in [-0.05, 0) is 73.5 Å². The minimum atomic E-state index is -0.333. The number of ether oxygens (including phenoxy) is 1. The van der Waals surface area contributed by atoms with Crippen LogP contribution in [0.15, 0.2) is 54.9 Å². The molecule has 1 N–H and O–H groups in total. The van der Waals surface area contributed by atoms with E-state index in [1.165, 1.54) is 29.5 Å². The number of piperazine rings is 1. The summed E-state index contributed by atoms with van der Waals surface area (Å²) in [6.07, 6.45) is 3.91. The number of aryl methyl sites for hydroxylation is 2. The first-order chi connectivity index (χ1) is 16.4. The molecule has 3 heterocycles. The van der Waals surface area contributed by atoms with Crippen molar-refractivity contribution in [1.29, 1.82) is 0 Å². The van der Waals surface area contributed by atoms with Crippen LogP contribution in [0.5, 0.6) is 0 Å². The van der Waals surface area contributed by atoms with Crippen molar-refractivity contribution in [2.75, 3.05) is 45.2 Å². The van der Waals surface area contributed by atoms with Crippen LogP contribution in [0.4, 0.5) is 5.69 Å². The molecule has 2 aromatic carbocycles. The predicted octanol–water partition coefficient (Wildman–Crippen LogP) is 5.05. The fourth-order valence-electron chi connectivity index (χ4n) is 4.96. The molecule has 5 rings (SSSR count). The molecular formula is C28H30N4O2. The van der Waals surface area contributed by atoms with E-state index in [-0.39, 0.29) is 5.97 Å². The van der Waals surface area contributed by atoms with Crippen LogP contribution in [0.25, 0.3) is 33.3 Å². The molecule has 0 aliphatic carbocycles. The number of aromatic nitrogens is 2. The number of benzene rings is 2. The van der Waals surface area contributed by atoms with Crippen molar-refractivity contribution in [3.8, 4) is 22.3 Å². The second-order valence-corrected chi connectivity index (χ2v) is 9.14. The lowest BCUT2D eigenvalue weighted by Gasteiger charge is -2.36. The van der Waals surface area contributed by atoms with E-state index < -0.39 is 0 Å². The van der Waals surface area contributed by atoms with Gasteiger partial charge >= 0.3 is 5.97 Å². The number of esters is 1. The van der Waals surface area contributed by atoms with E-state index in [0.29, 0.717) is 5.56 Å². The fraction of sp³-hybridized carbons (Fsp3) is 0.286. The summed E-state index contributed by atoms with van der Waals surface area (Å²) in [5.74, 6) is -0.333. The van der Waals surface area contributed by atoms with Crippen LogP contribution in [0, 0.1) is 13.8 Å². The van der Waals surface area contributed by atoms with Crippen molar-refractivity contribution in [3.05, 3.63) is 71.5 Å². The lowest BCUT2D eigenvalue weighted by Crippen LogP contribution is -2.45. The maximum Gasteiger partial charge on any atom is 0.337 e. The first-order valence-electron chi connectivity index (χ1n) is 11.7. The number of hydrogen-bond donors (Lipinski definition) is 1. The summed E-state index contributed by atoms with van der Waals surface area (Å²) >= 11 is 0. The summed E-state index contributed by atoms with van der Waals surface area (Å²) in [5, 5.41) is 1.06. The molecule has 0 amide bonds. The molecule has 1 aliphatic rings. The zero-order chi connectivity index (χ0) is 23.8. The summed E-state index contributed by atoms with van der Waals surface area (Å²) in [6.45, 7) is 8.73. The molecule has 0 radical (unpaired) electrons. The van der Waals surface area contributed by atoms with Gasteiger partial charge in [0.2, 0.25) is 0 Å². The maximum atomic E-state index is 11.8. The first kappa shape index (κ1) is 22.2. The first-order valence-corrected chi connectivity index (χ1v) is 11.7. The van der Waals surface area contributed by atoms with Crippen LogP contribution in [0.2, 0.25) is 0 Å². The van der Waals surface area contributed by atoms with Crippen molar-refractivity contribution in [3.63, 3.8) is 0 Å². The Morgan fingerprint density at radius 3 is 2.26 bits per heavy atom. The molecule has 1 saturated heterocycles. The highest BCUT2D eigenvalue weighted by molar-refractivity contribution is 5.97. The summed E-state index contributed by atoms with van der Waals surface area (Å²) in [5.41, 5.74) is 9.69. The van der Waals surface area contributed by atoms with Gasteiger partial charge in [0.15, 0.2) is 0 Å². The van der Waals surface area contributed by atoms with Crippen molar-refractivity contribution >= 4 is 22.7 Å². The molecule has 6 nitrogen and oxygen atoms in total. The molecule has 4 aromatic rings. The van der Waals surface area contributed by atoms with Gasteiger partial charge < -0.3 is 19.5 Å². The highest BCUT2D eigenvalue weighted by atomic mass is 16.5. The van der Waals surface area contributed by atoms with Crippen LogP contribution in [-0.2, 0) is 4.74 Å². The number of hydrogen-bond acceptors (Lipinski definition) is 5. The van der Waals surface area contributed by atoms with Crippen molar-refractivity contribution in [1.82, 2.24) is 14.9 Å². The molecule has 0 unspecified atom stereocenters. The van der Waals surface area contributed by atoms with Crippen LogP contribution < -0.4 is 4.90 Å². The molecule has 0 atom stereocenters. The van der Waals surface area contributed by atoms with Crippen molar-refractivity contribution in [2.45, 2.75) is 13.8 Å². The monoisotopic (exact) mass is 454 g/mol. The largest absolute Gasteiger partial charge is 0.465 e. The molecule has 0 spiro atoms. The highest BCUT2D eigenvalue weighted by Gasteiger charge is 2.19. The SMILES string of the molecule is COC(=O)c1ccc(-c2c[nH]c3ncc(-c4cc(C)c(N5CCN(C)CC5)c(C)c4)cc23)cc1. The Balaban J connectivity index is 1.50. The number of likely N-dealkylation sites (N-methyl/N-ethyl adjacent to an activating group) is 1. The number of carbonyl (C=O) groups excluding carboxylic acids is 1. The second-order valence-electron chi connectivity index (χ2n) is 9.14. The molecular weight excluding hydrogens is 424 g/mol. The minimum Gasteiger partial charge on any atom is -0.465 e. The lowest BCUT2D eigenvalue weighted by molar-refractivity contribution is 0.0601. The second kappa shape index (κ2) is 8.95. The van der Waals surface area contributed by atoms with E-state index >= 15 is 0 Å². The lowest BCUT2D eigenvalue weighted by atomic mass is 9.97. The topological polar surface area (TPSA) is 61.5 Å². The average molecular weight is 455 g/mol. The third-order valence-electron chi connectivity index (χ3n) is 6.79. The van der Waals surface area contributed by atoms with Crippen LogP contribution in [0.1, 0.15) is 21.5 Å². The molecule has 6 heteroatoms. The van der Waals surface area contributed by atoms with E-state index in [1.807, 2.05) is 24.5 Å². The zero-order valence-electron chi connectivity index (χ0n) is 20.2. The quantitative estimate of drug-likeness (QED) is 0.437. The molecule has 1 fully saturated rings. The zero-order valence-corrected chi connectivity index (χ0v) is 20.2. The standard InChI is InChI=1S/C28H30N4O2/c1-18-13-22(14-19(2)26(18)32-11-9-31(3)10-12-32)23-15-24-25(17-30-27(24)29-16-23)20-5-7-21(8-6-20)28(33)34-4/h5-8,13-17H,9-12H2,1-4H3,(H,29,30). The predicted molar refractivity (Wildman–Crippen MR) is 137 cm³/mol. The number of aromatic amines is 1. The number of carbonyl (C=O) groups is 1. The smallest absolute Gasteiger partial charge is 0.337 e. The van der Waals surface area contributed by atoms with Gasteiger partial charge in [0.25, 0.3) is 0 Å². The Hall–Kier alpha value is -3.64. The van der Waals surface area contributed by atoms with E-state index in [4.69, 9.17) is 9.72 Å². The molecule has 0 bridgehead atoms. The Morgan fingerprint density at radius 1 is 0.941 bits per heavy atom.